The van der Waals surface area contributed by atoms with Crippen LogP contribution in [0.25, 0.3) is 0 Å². The summed E-state index contributed by atoms with van der Waals surface area (Å²) in [5.74, 6) is -2.90. The highest BCUT2D eigenvalue weighted by atomic mass is 16.4. The van der Waals surface area contributed by atoms with Crippen LogP contribution in [0.4, 0.5) is 0 Å². The van der Waals surface area contributed by atoms with Gasteiger partial charge in [0.25, 0.3) is 0 Å². The second-order valence-corrected chi connectivity index (χ2v) is 8.15. The second-order valence-electron chi connectivity index (χ2n) is 8.15. The Morgan fingerprint density at radius 1 is 0.941 bits per heavy atom. The van der Waals surface area contributed by atoms with Gasteiger partial charge in [-0.15, -0.1) is 0 Å². The Labute approximate surface area is 199 Å². The Morgan fingerprint density at radius 3 is 2.06 bits per heavy atom. The molecule has 1 aromatic heterocycles. The third-order valence-electron chi connectivity index (χ3n) is 5.22. The van der Waals surface area contributed by atoms with Crippen molar-refractivity contribution in [2.75, 3.05) is 13.1 Å². The van der Waals surface area contributed by atoms with Gasteiger partial charge in [-0.1, -0.05) is 0 Å². The average Bonchev–Trinajstić information content (AvgIpc) is 3.30. The Bertz CT molecular complexity index is 773. The fourth-order valence-electron chi connectivity index (χ4n) is 3.19. The van der Waals surface area contributed by atoms with E-state index in [2.05, 4.69) is 25.9 Å². The number of carboxylic acid groups (broad SMARTS) is 1. The Kier molecular flexibility index (Phi) is 13.4. The van der Waals surface area contributed by atoms with Gasteiger partial charge in [0.15, 0.2) is 0 Å². The zero-order valence-electron chi connectivity index (χ0n) is 19.6. The summed E-state index contributed by atoms with van der Waals surface area (Å²) in [6, 6.07) is -3.94. The van der Waals surface area contributed by atoms with Crippen molar-refractivity contribution >= 4 is 23.7 Å². The van der Waals surface area contributed by atoms with E-state index >= 15 is 0 Å². The van der Waals surface area contributed by atoms with E-state index < -0.39 is 47.9 Å². The normalized spacial score (nSPS) is 14.5. The number of hydrogen-bond donors (Lipinski definition) is 8. The van der Waals surface area contributed by atoms with E-state index in [-0.39, 0.29) is 19.3 Å². The van der Waals surface area contributed by atoms with Crippen molar-refractivity contribution in [1.29, 1.82) is 0 Å². The molecule has 4 unspecified atom stereocenters. The lowest BCUT2D eigenvalue weighted by Gasteiger charge is -2.24. The smallest absolute Gasteiger partial charge is 0.326 e. The molecule has 0 saturated heterocycles. The minimum atomic E-state index is -1.16. The first-order valence-corrected chi connectivity index (χ1v) is 11.5. The van der Waals surface area contributed by atoms with E-state index in [1.54, 1.807) is 6.20 Å². The van der Waals surface area contributed by atoms with Gasteiger partial charge in [0.1, 0.15) is 18.1 Å². The fourth-order valence-corrected chi connectivity index (χ4v) is 3.19. The molecule has 0 bridgehead atoms. The van der Waals surface area contributed by atoms with Crippen LogP contribution in [0, 0.1) is 0 Å². The fraction of sp³-hybridized carbons (Fsp3) is 0.667. The van der Waals surface area contributed by atoms with Crippen molar-refractivity contribution < 1.29 is 24.3 Å². The summed E-state index contributed by atoms with van der Waals surface area (Å²) in [4.78, 5) is 56.0. The van der Waals surface area contributed by atoms with E-state index in [0.29, 0.717) is 44.5 Å². The second kappa shape index (κ2) is 15.7. The number of carbonyl (C=O) groups is 4. The number of aromatic amines is 1. The molecule has 34 heavy (non-hydrogen) atoms. The number of aliphatic carboxylic acids is 1. The molecule has 192 valence electrons. The van der Waals surface area contributed by atoms with Crippen molar-refractivity contribution in [2.45, 2.75) is 76.0 Å². The molecule has 0 aliphatic heterocycles. The van der Waals surface area contributed by atoms with Gasteiger partial charge in [-0.25, -0.2) is 9.78 Å². The van der Waals surface area contributed by atoms with E-state index in [4.69, 9.17) is 17.2 Å². The zero-order valence-corrected chi connectivity index (χ0v) is 19.6. The topological polar surface area (TPSA) is 231 Å². The van der Waals surface area contributed by atoms with Crippen LogP contribution >= 0.6 is 0 Å². The van der Waals surface area contributed by atoms with Crippen LogP contribution in [-0.4, -0.2) is 76.0 Å². The molecular weight excluding hydrogens is 444 g/mol. The highest BCUT2D eigenvalue weighted by molar-refractivity contribution is 5.93. The number of nitrogens with one attached hydrogen (secondary N) is 4. The molecule has 13 heteroatoms. The molecule has 0 radical (unpaired) electrons. The van der Waals surface area contributed by atoms with E-state index in [1.165, 1.54) is 13.3 Å². The van der Waals surface area contributed by atoms with Crippen LogP contribution in [0.15, 0.2) is 12.5 Å². The summed E-state index contributed by atoms with van der Waals surface area (Å²) in [5.41, 5.74) is 17.5. The molecule has 0 fully saturated rings. The molecule has 1 rings (SSSR count). The van der Waals surface area contributed by atoms with Crippen LogP contribution in [0.5, 0.6) is 0 Å². The van der Waals surface area contributed by atoms with E-state index in [0.717, 1.165) is 0 Å². The number of unbranched alkanes of at least 4 members (excludes halogenated alkanes) is 2. The van der Waals surface area contributed by atoms with Crippen molar-refractivity contribution in [3.8, 4) is 0 Å². The summed E-state index contributed by atoms with van der Waals surface area (Å²) in [5, 5.41) is 17.0. The molecule has 3 amide bonds. The van der Waals surface area contributed by atoms with Gasteiger partial charge in [-0.05, 0) is 58.5 Å². The zero-order chi connectivity index (χ0) is 25.5. The van der Waals surface area contributed by atoms with Crippen LogP contribution in [-0.2, 0) is 25.6 Å². The lowest BCUT2D eigenvalue weighted by atomic mass is 10.1. The van der Waals surface area contributed by atoms with Gasteiger partial charge in [0, 0.05) is 18.3 Å². The maximum absolute atomic E-state index is 12.8. The number of aromatic nitrogens is 2. The number of amides is 3. The van der Waals surface area contributed by atoms with Gasteiger partial charge < -0.3 is 43.2 Å². The first-order chi connectivity index (χ1) is 16.2. The minimum absolute atomic E-state index is 0.213. The lowest BCUT2D eigenvalue weighted by Crippen LogP contribution is -2.56. The Hall–Kier alpha value is -3.03. The summed E-state index contributed by atoms with van der Waals surface area (Å²) in [7, 11) is 0. The molecule has 13 nitrogen and oxygen atoms in total. The van der Waals surface area contributed by atoms with Crippen molar-refractivity contribution in [3.63, 3.8) is 0 Å². The SMILES string of the molecule is CC(NC(=O)C(N)Cc1cnc[nH]1)C(=O)NC(CCCCN)C(=O)NC(CCCCN)C(=O)O. The van der Waals surface area contributed by atoms with Gasteiger partial charge in [0.2, 0.25) is 17.7 Å². The van der Waals surface area contributed by atoms with Crippen molar-refractivity contribution in [1.82, 2.24) is 25.9 Å². The monoisotopic (exact) mass is 482 g/mol. The minimum Gasteiger partial charge on any atom is -0.480 e. The highest BCUT2D eigenvalue weighted by Gasteiger charge is 2.28. The lowest BCUT2D eigenvalue weighted by molar-refractivity contribution is -0.142. The summed E-state index contributed by atoms with van der Waals surface area (Å²) in [6.45, 7) is 2.31. The number of imidazole rings is 1. The number of H-pyrrole nitrogens is 1. The van der Waals surface area contributed by atoms with E-state index in [9.17, 15) is 24.3 Å². The first kappa shape index (κ1) is 29.0. The molecule has 0 spiro atoms. The summed E-state index contributed by atoms with van der Waals surface area (Å²) in [6.07, 6.45) is 6.09. The van der Waals surface area contributed by atoms with Crippen LogP contribution in [0.3, 0.4) is 0 Å². The third kappa shape index (κ3) is 10.7. The van der Waals surface area contributed by atoms with Crippen LogP contribution in [0.2, 0.25) is 0 Å². The average molecular weight is 483 g/mol. The maximum atomic E-state index is 12.8. The van der Waals surface area contributed by atoms with Gasteiger partial charge in [0.05, 0.1) is 12.4 Å². The predicted octanol–water partition coefficient (Wildman–Crippen LogP) is -1.90. The van der Waals surface area contributed by atoms with Crippen LogP contribution in [0.1, 0.15) is 51.1 Å². The van der Waals surface area contributed by atoms with Gasteiger partial charge in [-0.2, -0.15) is 0 Å². The maximum Gasteiger partial charge on any atom is 0.326 e. The molecule has 4 atom stereocenters. The quantitative estimate of drug-likeness (QED) is 0.116. The summed E-state index contributed by atoms with van der Waals surface area (Å²) >= 11 is 0. The number of carbonyl (C=O) groups excluding carboxylic acids is 3. The highest BCUT2D eigenvalue weighted by Crippen LogP contribution is 2.06. The number of carboxylic acids is 1. The molecule has 0 aliphatic rings. The number of hydrogen-bond acceptors (Lipinski definition) is 8. The molecule has 0 aromatic carbocycles. The third-order valence-corrected chi connectivity index (χ3v) is 5.22. The Balaban J connectivity index is 2.71. The molecule has 1 aromatic rings. The van der Waals surface area contributed by atoms with Gasteiger partial charge >= 0.3 is 5.97 Å². The molecule has 11 N–H and O–H groups in total. The number of rotatable bonds is 17. The number of nitrogens with zero attached hydrogens (tertiary/aromatic N) is 1. The van der Waals surface area contributed by atoms with Crippen molar-refractivity contribution in [2.24, 2.45) is 17.2 Å². The standard InChI is InChI=1S/C21H38N8O5/c1-13(27-19(31)15(24)10-14-11-25-12-26-14)18(30)28-16(6-2-4-8-22)20(32)29-17(21(33)34)7-3-5-9-23/h11-13,15-17H,2-10,22-24H2,1H3,(H,25,26)(H,27,31)(H,28,30)(H,29,32)(H,33,34). The van der Waals surface area contributed by atoms with Crippen molar-refractivity contribution in [3.05, 3.63) is 18.2 Å². The van der Waals surface area contributed by atoms with Crippen LogP contribution < -0.4 is 33.2 Å². The number of nitrogens with two attached hydrogens (primary N) is 3. The largest absolute Gasteiger partial charge is 0.480 e. The first-order valence-electron chi connectivity index (χ1n) is 11.5. The Morgan fingerprint density at radius 2 is 1.53 bits per heavy atom. The molecular formula is C21H38N8O5. The van der Waals surface area contributed by atoms with E-state index in [1.807, 2.05) is 0 Å². The molecule has 0 saturated carbocycles. The molecule has 1 heterocycles. The predicted molar refractivity (Wildman–Crippen MR) is 125 cm³/mol. The van der Waals surface area contributed by atoms with Gasteiger partial charge in [-0.3, -0.25) is 14.4 Å². The molecule has 0 aliphatic carbocycles. The summed E-state index contributed by atoms with van der Waals surface area (Å²) < 4.78 is 0.